The minimum atomic E-state index is -3.65. The molecule has 0 amide bonds. The van der Waals surface area contributed by atoms with E-state index in [9.17, 15) is 13.5 Å². The number of aliphatic hydroxyl groups is 1. The molecule has 2 fully saturated rings. The van der Waals surface area contributed by atoms with Gasteiger partial charge in [-0.25, -0.2) is 13.1 Å². The molecule has 1 heterocycles. The number of benzene rings is 1. The fraction of sp³-hybridized carbons (Fsp3) is 0.684. The first-order valence-electron chi connectivity index (χ1n) is 9.58. The zero-order chi connectivity index (χ0) is 20.0. The van der Waals surface area contributed by atoms with Gasteiger partial charge in [0.25, 0.3) is 0 Å². The maximum absolute atomic E-state index is 12.9. The van der Waals surface area contributed by atoms with Gasteiger partial charge in [0.15, 0.2) is 0 Å². The van der Waals surface area contributed by atoms with Crippen LogP contribution < -0.4 is 10.2 Å². The van der Waals surface area contributed by atoms with Crippen molar-refractivity contribution in [2.45, 2.75) is 88.5 Å². The molecule has 152 valence electrons. The van der Waals surface area contributed by atoms with Gasteiger partial charge in [-0.1, -0.05) is 11.6 Å². The van der Waals surface area contributed by atoms with Crippen LogP contribution in [0.3, 0.4) is 0 Å². The summed E-state index contributed by atoms with van der Waals surface area (Å²) >= 11 is 0. The van der Waals surface area contributed by atoms with Crippen LogP contribution in [0, 0.1) is 6.92 Å². The van der Waals surface area contributed by atoms with E-state index >= 15 is 0 Å². The predicted molar refractivity (Wildman–Crippen MR) is 108 cm³/mol. The molecule has 8 heteroatoms. The monoisotopic (exact) mass is 397 g/mol. The summed E-state index contributed by atoms with van der Waals surface area (Å²) in [4.78, 5) is 0.212. The Kier molecular flexibility index (Phi) is 5.51. The third-order valence-electron chi connectivity index (χ3n) is 6.09. The van der Waals surface area contributed by atoms with Crippen LogP contribution in [0.4, 0.5) is 0 Å². The van der Waals surface area contributed by atoms with Crippen LogP contribution in [0.1, 0.15) is 60.4 Å². The highest BCUT2D eigenvalue weighted by Crippen LogP contribution is 2.36. The standard InChI is InChI=1S/C19H30BNO5S.H2/c1-13-6-11-16(27(23,24)21-14-7-9-15(22)10-8-14)12-17(13)20-25-18(2,3)19(4,5)26-20;/h6,11-12,14-15,21-22H,7-10H2,1-5H3;1H. The van der Waals surface area contributed by atoms with Gasteiger partial charge in [-0.15, -0.1) is 0 Å². The van der Waals surface area contributed by atoms with Crippen molar-refractivity contribution in [1.29, 1.82) is 0 Å². The fourth-order valence-electron chi connectivity index (χ4n) is 3.49. The van der Waals surface area contributed by atoms with Crippen molar-refractivity contribution in [3.63, 3.8) is 0 Å². The van der Waals surface area contributed by atoms with E-state index in [4.69, 9.17) is 9.31 Å². The highest BCUT2D eigenvalue weighted by atomic mass is 32.2. The summed E-state index contributed by atoms with van der Waals surface area (Å²) in [5.41, 5.74) is 0.684. The Morgan fingerprint density at radius 2 is 1.67 bits per heavy atom. The van der Waals surface area contributed by atoms with Gasteiger partial charge in [-0.2, -0.15) is 0 Å². The van der Waals surface area contributed by atoms with Gasteiger partial charge in [-0.05, 0) is 77.9 Å². The molecule has 2 aliphatic rings. The Morgan fingerprint density at radius 1 is 1.11 bits per heavy atom. The zero-order valence-corrected chi connectivity index (χ0v) is 17.6. The number of aryl methyl sites for hydroxylation is 1. The van der Waals surface area contributed by atoms with Crippen LogP contribution >= 0.6 is 0 Å². The van der Waals surface area contributed by atoms with Crippen molar-refractivity contribution < 1.29 is 24.3 Å². The number of sulfonamides is 1. The number of hydrogen-bond donors (Lipinski definition) is 2. The Labute approximate surface area is 164 Å². The van der Waals surface area contributed by atoms with E-state index in [1.807, 2.05) is 34.6 Å². The summed E-state index contributed by atoms with van der Waals surface area (Å²) in [7, 11) is -4.25. The summed E-state index contributed by atoms with van der Waals surface area (Å²) in [6.07, 6.45) is 2.23. The van der Waals surface area contributed by atoms with E-state index in [2.05, 4.69) is 4.72 Å². The molecule has 0 unspecified atom stereocenters. The van der Waals surface area contributed by atoms with Gasteiger partial charge in [0.2, 0.25) is 10.0 Å². The Bertz CT molecular complexity index is 791. The summed E-state index contributed by atoms with van der Waals surface area (Å²) in [6, 6.07) is 4.92. The largest absolute Gasteiger partial charge is 0.495 e. The number of nitrogens with one attached hydrogen (secondary N) is 1. The van der Waals surface area contributed by atoms with Crippen LogP contribution in [0.15, 0.2) is 23.1 Å². The quantitative estimate of drug-likeness (QED) is 0.761. The van der Waals surface area contributed by atoms with E-state index in [0.717, 1.165) is 11.0 Å². The van der Waals surface area contributed by atoms with E-state index in [-0.39, 0.29) is 18.5 Å². The fourth-order valence-corrected chi connectivity index (χ4v) is 4.83. The minimum absolute atomic E-state index is 0. The maximum atomic E-state index is 12.9. The molecule has 1 aliphatic carbocycles. The Morgan fingerprint density at radius 3 is 2.22 bits per heavy atom. The lowest BCUT2D eigenvalue weighted by atomic mass is 9.76. The molecule has 0 aromatic heterocycles. The minimum Gasteiger partial charge on any atom is -0.399 e. The number of aliphatic hydroxyl groups excluding tert-OH is 1. The van der Waals surface area contributed by atoms with Crippen molar-refractivity contribution in [1.82, 2.24) is 4.72 Å². The van der Waals surface area contributed by atoms with E-state index < -0.39 is 28.3 Å². The molecule has 1 saturated heterocycles. The molecule has 0 radical (unpaired) electrons. The first-order valence-corrected chi connectivity index (χ1v) is 11.1. The highest BCUT2D eigenvalue weighted by Gasteiger charge is 2.52. The molecule has 3 rings (SSSR count). The molecule has 1 aliphatic heterocycles. The van der Waals surface area contributed by atoms with Gasteiger partial charge in [0, 0.05) is 7.47 Å². The second-order valence-electron chi connectivity index (χ2n) is 8.73. The van der Waals surface area contributed by atoms with Gasteiger partial charge in [0.05, 0.1) is 22.2 Å². The molecule has 2 N–H and O–H groups in total. The molecule has 1 saturated carbocycles. The van der Waals surface area contributed by atoms with Gasteiger partial charge in [-0.3, -0.25) is 0 Å². The van der Waals surface area contributed by atoms with Crippen LogP contribution in [-0.2, 0) is 19.3 Å². The second kappa shape index (κ2) is 7.15. The lowest BCUT2D eigenvalue weighted by Gasteiger charge is -2.32. The molecular weight excluding hydrogens is 365 g/mol. The predicted octanol–water partition coefficient (Wildman–Crippen LogP) is 2.12. The van der Waals surface area contributed by atoms with Crippen molar-refractivity contribution >= 4 is 22.6 Å². The first-order chi connectivity index (χ1) is 12.4. The lowest BCUT2D eigenvalue weighted by molar-refractivity contribution is 0.00578. The Hall–Kier alpha value is -0.925. The molecule has 1 aromatic rings. The third-order valence-corrected chi connectivity index (χ3v) is 7.60. The molecule has 27 heavy (non-hydrogen) atoms. The maximum Gasteiger partial charge on any atom is 0.495 e. The summed E-state index contributed by atoms with van der Waals surface area (Å²) in [5.74, 6) is 0. The summed E-state index contributed by atoms with van der Waals surface area (Å²) in [6.45, 7) is 9.82. The molecule has 0 spiro atoms. The van der Waals surface area contributed by atoms with Crippen LogP contribution in [0.5, 0.6) is 0 Å². The summed E-state index contributed by atoms with van der Waals surface area (Å²) in [5, 5.41) is 9.61. The first kappa shape index (κ1) is 20.8. The average molecular weight is 397 g/mol. The molecule has 0 bridgehead atoms. The summed E-state index contributed by atoms with van der Waals surface area (Å²) < 4.78 is 40.7. The topological polar surface area (TPSA) is 84.9 Å². The van der Waals surface area contributed by atoms with E-state index in [0.29, 0.717) is 25.7 Å². The van der Waals surface area contributed by atoms with E-state index in [1.165, 1.54) is 0 Å². The smallest absolute Gasteiger partial charge is 0.399 e. The lowest BCUT2D eigenvalue weighted by Crippen LogP contribution is -2.41. The SMILES string of the molecule is Cc1ccc(S(=O)(=O)NC2CCC(O)CC2)cc1B1OC(C)(C)C(C)(C)O1.[HH]. The van der Waals surface area contributed by atoms with Crippen LogP contribution in [-0.4, -0.2) is 44.0 Å². The van der Waals surface area contributed by atoms with Crippen molar-refractivity contribution in [3.8, 4) is 0 Å². The Balaban J connectivity index is 0.00000280. The van der Waals surface area contributed by atoms with E-state index in [1.54, 1.807) is 18.2 Å². The van der Waals surface area contributed by atoms with Gasteiger partial charge in [0.1, 0.15) is 0 Å². The average Bonchev–Trinajstić information content (AvgIpc) is 2.77. The molecular formula is C19H32BNO5S. The second-order valence-corrected chi connectivity index (χ2v) is 10.4. The van der Waals surface area contributed by atoms with Gasteiger partial charge >= 0.3 is 7.12 Å². The van der Waals surface area contributed by atoms with Crippen molar-refractivity contribution in [3.05, 3.63) is 23.8 Å². The van der Waals surface area contributed by atoms with Crippen molar-refractivity contribution in [2.24, 2.45) is 0 Å². The van der Waals surface area contributed by atoms with Crippen LogP contribution in [0.2, 0.25) is 0 Å². The normalized spacial score (nSPS) is 27.7. The third kappa shape index (κ3) is 4.25. The van der Waals surface area contributed by atoms with Crippen LogP contribution in [0.25, 0.3) is 0 Å². The zero-order valence-electron chi connectivity index (χ0n) is 16.8. The number of hydrogen-bond acceptors (Lipinski definition) is 5. The highest BCUT2D eigenvalue weighted by molar-refractivity contribution is 7.89. The van der Waals surface area contributed by atoms with Crippen molar-refractivity contribution in [2.75, 3.05) is 0 Å². The molecule has 1 aromatic carbocycles. The molecule has 0 atom stereocenters. The van der Waals surface area contributed by atoms with Gasteiger partial charge < -0.3 is 14.4 Å². The number of rotatable bonds is 4. The molecule has 6 nitrogen and oxygen atoms in total.